The zero-order chi connectivity index (χ0) is 13.3. The molecule has 1 aromatic rings. The second kappa shape index (κ2) is 4.87. The summed E-state index contributed by atoms with van der Waals surface area (Å²) in [6.45, 7) is 3.17. The Balaban J connectivity index is 1.93. The van der Waals surface area contributed by atoms with Crippen molar-refractivity contribution in [3.63, 3.8) is 0 Å². The fraction of sp³-hybridized carbons (Fsp3) is 0.562. The zero-order valence-corrected chi connectivity index (χ0v) is 11.7. The van der Waals surface area contributed by atoms with Crippen LogP contribution in [0.15, 0.2) is 35.3 Å². The SMILES string of the molecule is CCC1CCCC2(CN=C(N)N2c2ccccc2)C1. The molecule has 3 nitrogen and oxygen atoms in total. The second-order valence-corrected chi connectivity index (χ2v) is 5.94. The molecular formula is C16H23N3. The molecule has 2 N–H and O–H groups in total. The van der Waals surface area contributed by atoms with E-state index in [9.17, 15) is 0 Å². The van der Waals surface area contributed by atoms with Crippen molar-refractivity contribution < 1.29 is 0 Å². The van der Waals surface area contributed by atoms with Gasteiger partial charge in [0.1, 0.15) is 0 Å². The Kier molecular flexibility index (Phi) is 3.21. The van der Waals surface area contributed by atoms with Crippen LogP contribution < -0.4 is 10.6 Å². The third kappa shape index (κ3) is 2.11. The van der Waals surface area contributed by atoms with Gasteiger partial charge in [-0.15, -0.1) is 0 Å². The summed E-state index contributed by atoms with van der Waals surface area (Å²) in [6.07, 6.45) is 6.36. The van der Waals surface area contributed by atoms with E-state index in [1.165, 1.54) is 37.8 Å². The maximum Gasteiger partial charge on any atom is 0.196 e. The molecular weight excluding hydrogens is 234 g/mol. The van der Waals surface area contributed by atoms with Crippen molar-refractivity contribution in [3.8, 4) is 0 Å². The summed E-state index contributed by atoms with van der Waals surface area (Å²) in [7, 11) is 0. The number of para-hydroxylation sites is 1. The molecule has 0 radical (unpaired) electrons. The van der Waals surface area contributed by atoms with Gasteiger partial charge in [-0.3, -0.25) is 4.99 Å². The molecule has 0 aromatic heterocycles. The summed E-state index contributed by atoms with van der Waals surface area (Å²) in [4.78, 5) is 6.86. The molecule has 0 bridgehead atoms. The quantitative estimate of drug-likeness (QED) is 0.884. The van der Waals surface area contributed by atoms with Crippen molar-refractivity contribution in [1.82, 2.24) is 0 Å². The van der Waals surface area contributed by atoms with Crippen molar-refractivity contribution in [3.05, 3.63) is 30.3 Å². The number of anilines is 1. The van der Waals surface area contributed by atoms with Gasteiger partial charge in [0.25, 0.3) is 0 Å². The highest BCUT2D eigenvalue weighted by Crippen LogP contribution is 2.42. The minimum absolute atomic E-state index is 0.143. The van der Waals surface area contributed by atoms with Crippen LogP contribution in [0.3, 0.4) is 0 Å². The highest BCUT2D eigenvalue weighted by Gasteiger charge is 2.45. The molecule has 0 saturated heterocycles. The van der Waals surface area contributed by atoms with E-state index in [-0.39, 0.29) is 5.54 Å². The molecule has 1 aliphatic carbocycles. The summed E-state index contributed by atoms with van der Waals surface area (Å²) in [6, 6.07) is 10.5. The fourth-order valence-electron chi connectivity index (χ4n) is 3.75. The van der Waals surface area contributed by atoms with Crippen LogP contribution in [0.4, 0.5) is 5.69 Å². The van der Waals surface area contributed by atoms with Crippen molar-refractivity contribution in [1.29, 1.82) is 0 Å². The highest BCUT2D eigenvalue weighted by molar-refractivity contribution is 5.98. The molecule has 2 atom stereocenters. The topological polar surface area (TPSA) is 41.6 Å². The fourth-order valence-corrected chi connectivity index (χ4v) is 3.75. The van der Waals surface area contributed by atoms with Gasteiger partial charge in [0.15, 0.2) is 5.96 Å². The molecule has 3 heteroatoms. The van der Waals surface area contributed by atoms with Gasteiger partial charge in [0.2, 0.25) is 0 Å². The molecule has 0 amide bonds. The van der Waals surface area contributed by atoms with Crippen LogP contribution in [0, 0.1) is 5.92 Å². The molecule has 19 heavy (non-hydrogen) atoms. The van der Waals surface area contributed by atoms with Crippen LogP contribution in [-0.4, -0.2) is 18.0 Å². The second-order valence-electron chi connectivity index (χ2n) is 5.94. The Morgan fingerprint density at radius 1 is 1.37 bits per heavy atom. The molecule has 1 aromatic carbocycles. The lowest BCUT2D eigenvalue weighted by atomic mass is 9.74. The molecule has 1 saturated carbocycles. The summed E-state index contributed by atoms with van der Waals surface area (Å²) < 4.78 is 0. The van der Waals surface area contributed by atoms with Crippen LogP contribution in [0.5, 0.6) is 0 Å². The Hall–Kier alpha value is -1.51. The van der Waals surface area contributed by atoms with Crippen LogP contribution >= 0.6 is 0 Å². The van der Waals surface area contributed by atoms with E-state index >= 15 is 0 Å². The number of nitrogens with zero attached hydrogens (tertiary/aromatic N) is 2. The normalized spacial score (nSPS) is 30.7. The molecule has 1 spiro atoms. The van der Waals surface area contributed by atoms with Gasteiger partial charge in [-0.05, 0) is 30.9 Å². The Morgan fingerprint density at radius 3 is 2.89 bits per heavy atom. The molecule has 102 valence electrons. The number of aliphatic imine (C=N–C) groups is 1. The summed E-state index contributed by atoms with van der Waals surface area (Å²) in [5.41, 5.74) is 7.52. The lowest BCUT2D eigenvalue weighted by molar-refractivity contribution is 0.235. The zero-order valence-electron chi connectivity index (χ0n) is 11.7. The van der Waals surface area contributed by atoms with Crippen molar-refractivity contribution in [2.24, 2.45) is 16.6 Å². The average Bonchev–Trinajstić information content (AvgIpc) is 2.76. The predicted octanol–water partition coefficient (Wildman–Crippen LogP) is 3.16. The number of nitrogens with two attached hydrogens (primary N) is 1. The van der Waals surface area contributed by atoms with Gasteiger partial charge in [0, 0.05) is 5.69 Å². The van der Waals surface area contributed by atoms with Crippen LogP contribution in [-0.2, 0) is 0 Å². The smallest absolute Gasteiger partial charge is 0.196 e. The number of benzene rings is 1. The number of hydrogen-bond donors (Lipinski definition) is 1. The number of hydrogen-bond acceptors (Lipinski definition) is 3. The van der Waals surface area contributed by atoms with Crippen LogP contribution in [0.25, 0.3) is 0 Å². The maximum absolute atomic E-state index is 6.18. The van der Waals surface area contributed by atoms with E-state index in [2.05, 4.69) is 47.1 Å². The largest absolute Gasteiger partial charge is 0.369 e. The van der Waals surface area contributed by atoms with E-state index < -0.39 is 0 Å². The van der Waals surface area contributed by atoms with E-state index in [1.54, 1.807) is 0 Å². The Bertz CT molecular complexity index is 468. The minimum atomic E-state index is 0.143. The van der Waals surface area contributed by atoms with Crippen LogP contribution in [0.2, 0.25) is 0 Å². The molecule has 2 aliphatic rings. The lowest BCUT2D eigenvalue weighted by Gasteiger charge is -2.44. The van der Waals surface area contributed by atoms with E-state index in [4.69, 9.17) is 5.73 Å². The molecule has 1 heterocycles. The standard InChI is InChI=1S/C16H23N3/c1-2-13-7-6-10-16(11-13)12-18-15(17)19(16)14-8-4-3-5-9-14/h3-5,8-9,13H,2,6-7,10-12H2,1H3,(H2,17,18). The van der Waals surface area contributed by atoms with Gasteiger partial charge in [-0.25, -0.2) is 0 Å². The van der Waals surface area contributed by atoms with Crippen molar-refractivity contribution in [2.45, 2.75) is 44.6 Å². The van der Waals surface area contributed by atoms with Crippen LogP contribution in [0.1, 0.15) is 39.0 Å². The molecule has 1 aliphatic heterocycles. The van der Waals surface area contributed by atoms with E-state index in [0.717, 1.165) is 12.5 Å². The monoisotopic (exact) mass is 257 g/mol. The van der Waals surface area contributed by atoms with Crippen molar-refractivity contribution >= 4 is 11.6 Å². The van der Waals surface area contributed by atoms with E-state index in [1.807, 2.05) is 0 Å². The number of guanidine groups is 1. The number of rotatable bonds is 2. The molecule has 2 unspecified atom stereocenters. The minimum Gasteiger partial charge on any atom is -0.369 e. The molecule has 1 fully saturated rings. The van der Waals surface area contributed by atoms with Gasteiger partial charge >= 0.3 is 0 Å². The molecule has 3 rings (SSSR count). The lowest BCUT2D eigenvalue weighted by Crippen LogP contribution is -2.54. The third-order valence-electron chi connectivity index (χ3n) is 4.75. The van der Waals surface area contributed by atoms with Gasteiger partial charge in [-0.1, -0.05) is 44.4 Å². The summed E-state index contributed by atoms with van der Waals surface area (Å²) >= 11 is 0. The average molecular weight is 257 g/mol. The van der Waals surface area contributed by atoms with Gasteiger partial charge in [-0.2, -0.15) is 0 Å². The van der Waals surface area contributed by atoms with Gasteiger partial charge in [0.05, 0.1) is 12.1 Å². The first-order chi connectivity index (χ1) is 9.25. The first-order valence-electron chi connectivity index (χ1n) is 7.40. The Labute approximate surface area is 115 Å². The first kappa shape index (κ1) is 12.5. The summed E-state index contributed by atoms with van der Waals surface area (Å²) in [5, 5.41) is 0. The maximum atomic E-state index is 6.18. The predicted molar refractivity (Wildman–Crippen MR) is 80.4 cm³/mol. The van der Waals surface area contributed by atoms with E-state index in [0.29, 0.717) is 5.96 Å². The third-order valence-corrected chi connectivity index (χ3v) is 4.75. The first-order valence-corrected chi connectivity index (χ1v) is 7.40. The van der Waals surface area contributed by atoms with Gasteiger partial charge < -0.3 is 10.6 Å². The Morgan fingerprint density at radius 2 is 2.16 bits per heavy atom. The summed E-state index contributed by atoms with van der Waals surface area (Å²) in [5.74, 6) is 1.52. The van der Waals surface area contributed by atoms with Crippen molar-refractivity contribution in [2.75, 3.05) is 11.4 Å². The highest BCUT2D eigenvalue weighted by atomic mass is 15.4.